The van der Waals surface area contributed by atoms with Crippen molar-refractivity contribution in [2.24, 2.45) is 0 Å². The Bertz CT molecular complexity index is 759. The molecule has 6 nitrogen and oxygen atoms in total. The van der Waals surface area contributed by atoms with Gasteiger partial charge >= 0.3 is 11.9 Å². The summed E-state index contributed by atoms with van der Waals surface area (Å²) < 4.78 is 15.9. The molecular weight excluding hydrogens is 442 g/mol. The largest absolute Gasteiger partial charge is 0.479 e. The molecule has 0 unspecified atom stereocenters. The third-order valence-corrected chi connectivity index (χ3v) is 5.80. The molecule has 0 fully saturated rings. The number of benzene rings is 1. The SMILES string of the molecule is CCCCCCCCCCCCCCOC(=O)c1ccc(C)c(NC(=CC(=O)OCC)OCC)c1. The first-order chi connectivity index (χ1) is 17.0. The average Bonchev–Trinajstić information content (AvgIpc) is 2.83. The van der Waals surface area contributed by atoms with Crippen LogP contribution in [0.5, 0.6) is 0 Å². The van der Waals surface area contributed by atoms with Crippen molar-refractivity contribution in [3.05, 3.63) is 41.3 Å². The van der Waals surface area contributed by atoms with E-state index in [0.717, 1.165) is 18.4 Å². The van der Waals surface area contributed by atoms with E-state index in [1.165, 1.54) is 70.3 Å². The molecule has 0 atom stereocenters. The zero-order valence-corrected chi connectivity index (χ0v) is 22.5. The highest BCUT2D eigenvalue weighted by atomic mass is 16.5. The summed E-state index contributed by atoms with van der Waals surface area (Å²) in [5, 5.41) is 3.08. The van der Waals surface area contributed by atoms with Crippen LogP contribution in [0.1, 0.15) is 114 Å². The second-order valence-electron chi connectivity index (χ2n) is 8.87. The molecular formula is C29H47NO5. The predicted molar refractivity (Wildman–Crippen MR) is 143 cm³/mol. The molecule has 0 saturated heterocycles. The Kier molecular flexibility index (Phi) is 17.2. The van der Waals surface area contributed by atoms with E-state index in [2.05, 4.69) is 12.2 Å². The number of hydrogen-bond acceptors (Lipinski definition) is 6. The number of carbonyl (C=O) groups excluding carboxylic acids is 2. The Morgan fingerprint density at radius 1 is 0.771 bits per heavy atom. The summed E-state index contributed by atoms with van der Waals surface area (Å²) in [5.74, 6) is -0.557. The number of rotatable bonds is 20. The van der Waals surface area contributed by atoms with E-state index in [-0.39, 0.29) is 18.5 Å². The van der Waals surface area contributed by atoms with Gasteiger partial charge in [-0.15, -0.1) is 0 Å². The number of carbonyl (C=O) groups is 2. The van der Waals surface area contributed by atoms with E-state index < -0.39 is 5.97 Å². The standard InChI is InChI=1S/C29H47NO5/c1-5-8-9-10-11-12-13-14-15-16-17-18-21-35-29(32)25-20-19-24(4)26(22-25)30-27(33-6-2)23-28(31)34-7-3/h19-20,22-23,30H,5-18,21H2,1-4H3. The first-order valence-electron chi connectivity index (χ1n) is 13.6. The highest BCUT2D eigenvalue weighted by Gasteiger charge is 2.12. The molecule has 0 radical (unpaired) electrons. The Morgan fingerprint density at radius 2 is 1.34 bits per heavy atom. The number of ether oxygens (including phenoxy) is 3. The van der Waals surface area contributed by atoms with Gasteiger partial charge in [0.1, 0.15) is 0 Å². The molecule has 0 spiro atoms. The normalized spacial score (nSPS) is 11.3. The lowest BCUT2D eigenvalue weighted by molar-refractivity contribution is -0.137. The van der Waals surface area contributed by atoms with Crippen molar-refractivity contribution in [3.63, 3.8) is 0 Å². The maximum absolute atomic E-state index is 12.5. The molecule has 0 aliphatic carbocycles. The van der Waals surface area contributed by atoms with E-state index in [4.69, 9.17) is 14.2 Å². The predicted octanol–water partition coefficient (Wildman–Crippen LogP) is 7.71. The summed E-state index contributed by atoms with van der Waals surface area (Å²) in [4.78, 5) is 24.3. The van der Waals surface area contributed by atoms with Gasteiger partial charge in [-0.1, -0.05) is 83.6 Å². The molecule has 0 aliphatic rings. The zero-order valence-electron chi connectivity index (χ0n) is 22.5. The van der Waals surface area contributed by atoms with Crippen LogP contribution >= 0.6 is 0 Å². The van der Waals surface area contributed by atoms with Gasteiger partial charge in [-0.05, 0) is 44.9 Å². The third-order valence-electron chi connectivity index (χ3n) is 5.80. The van der Waals surface area contributed by atoms with Gasteiger partial charge < -0.3 is 19.5 Å². The average molecular weight is 490 g/mol. The summed E-state index contributed by atoms with van der Waals surface area (Å²) in [5.41, 5.74) is 2.05. The molecule has 1 rings (SSSR count). The third kappa shape index (κ3) is 14.5. The lowest BCUT2D eigenvalue weighted by atomic mass is 10.1. The zero-order chi connectivity index (χ0) is 25.7. The van der Waals surface area contributed by atoms with E-state index in [9.17, 15) is 9.59 Å². The van der Waals surface area contributed by atoms with Gasteiger partial charge in [0.05, 0.1) is 31.5 Å². The van der Waals surface area contributed by atoms with Crippen molar-refractivity contribution in [2.45, 2.75) is 105 Å². The fraction of sp³-hybridized carbons (Fsp3) is 0.655. The second kappa shape index (κ2) is 19.8. The molecule has 1 N–H and O–H groups in total. The smallest absolute Gasteiger partial charge is 0.338 e. The molecule has 1 aromatic rings. The molecule has 0 amide bonds. The van der Waals surface area contributed by atoms with Gasteiger partial charge in [-0.2, -0.15) is 0 Å². The molecule has 0 heterocycles. The van der Waals surface area contributed by atoms with Crippen LogP contribution in [0, 0.1) is 6.92 Å². The minimum atomic E-state index is -0.487. The van der Waals surface area contributed by atoms with Crippen LogP contribution in [0.4, 0.5) is 5.69 Å². The first-order valence-corrected chi connectivity index (χ1v) is 13.6. The quantitative estimate of drug-likeness (QED) is 0.0875. The number of anilines is 1. The lowest BCUT2D eigenvalue weighted by Gasteiger charge is -2.14. The van der Waals surface area contributed by atoms with Crippen molar-refractivity contribution in [3.8, 4) is 0 Å². The monoisotopic (exact) mass is 489 g/mol. The van der Waals surface area contributed by atoms with Crippen molar-refractivity contribution in [1.29, 1.82) is 0 Å². The van der Waals surface area contributed by atoms with Crippen LogP contribution in [0.2, 0.25) is 0 Å². The molecule has 0 saturated carbocycles. The van der Waals surface area contributed by atoms with Crippen LogP contribution in [0.25, 0.3) is 0 Å². The van der Waals surface area contributed by atoms with Gasteiger partial charge in [0.25, 0.3) is 0 Å². The maximum atomic E-state index is 12.5. The molecule has 0 bridgehead atoms. The van der Waals surface area contributed by atoms with Gasteiger partial charge in [-0.25, -0.2) is 9.59 Å². The summed E-state index contributed by atoms with van der Waals surface area (Å²) >= 11 is 0. The van der Waals surface area contributed by atoms with E-state index in [1.807, 2.05) is 19.9 Å². The number of esters is 2. The summed E-state index contributed by atoms with van der Waals surface area (Å²) in [7, 11) is 0. The molecule has 198 valence electrons. The highest BCUT2D eigenvalue weighted by molar-refractivity contribution is 5.91. The van der Waals surface area contributed by atoms with Crippen molar-refractivity contribution < 1.29 is 23.8 Å². The van der Waals surface area contributed by atoms with Crippen molar-refractivity contribution >= 4 is 17.6 Å². The fourth-order valence-electron chi connectivity index (χ4n) is 3.77. The maximum Gasteiger partial charge on any atom is 0.338 e. The van der Waals surface area contributed by atoms with Crippen LogP contribution in [-0.2, 0) is 19.0 Å². The molecule has 1 aromatic carbocycles. The van der Waals surface area contributed by atoms with Gasteiger partial charge in [0.2, 0.25) is 0 Å². The lowest BCUT2D eigenvalue weighted by Crippen LogP contribution is -2.11. The Balaban J connectivity index is 2.35. The minimum Gasteiger partial charge on any atom is -0.479 e. The fourth-order valence-corrected chi connectivity index (χ4v) is 3.77. The first kappa shape index (κ1) is 30.5. The molecule has 6 heteroatoms. The number of unbranched alkanes of at least 4 members (excludes halogenated alkanes) is 11. The Labute approximate surface area is 212 Å². The summed E-state index contributed by atoms with van der Waals surface area (Å²) in [6, 6.07) is 5.31. The van der Waals surface area contributed by atoms with Crippen LogP contribution in [-0.4, -0.2) is 31.8 Å². The number of hydrogen-bond donors (Lipinski definition) is 1. The van der Waals surface area contributed by atoms with Crippen LogP contribution in [0.15, 0.2) is 30.2 Å². The van der Waals surface area contributed by atoms with Gasteiger partial charge in [0.15, 0.2) is 5.88 Å². The van der Waals surface area contributed by atoms with Gasteiger partial charge in [0, 0.05) is 5.69 Å². The van der Waals surface area contributed by atoms with Crippen LogP contribution in [0.3, 0.4) is 0 Å². The van der Waals surface area contributed by atoms with E-state index in [1.54, 1.807) is 19.1 Å². The topological polar surface area (TPSA) is 73.9 Å². The number of nitrogens with one attached hydrogen (secondary N) is 1. The molecule has 0 aromatic heterocycles. The Hall–Kier alpha value is -2.50. The highest BCUT2D eigenvalue weighted by Crippen LogP contribution is 2.20. The summed E-state index contributed by atoms with van der Waals surface area (Å²) in [6.45, 7) is 8.85. The van der Waals surface area contributed by atoms with Crippen molar-refractivity contribution in [2.75, 3.05) is 25.1 Å². The van der Waals surface area contributed by atoms with E-state index in [0.29, 0.717) is 24.5 Å². The molecule has 35 heavy (non-hydrogen) atoms. The van der Waals surface area contributed by atoms with Crippen LogP contribution < -0.4 is 5.32 Å². The molecule has 0 aliphatic heterocycles. The minimum absolute atomic E-state index is 0.274. The van der Waals surface area contributed by atoms with Crippen molar-refractivity contribution in [1.82, 2.24) is 0 Å². The Morgan fingerprint density at radius 3 is 1.91 bits per heavy atom. The summed E-state index contributed by atoms with van der Waals surface area (Å²) in [6.07, 6.45) is 16.5. The second-order valence-corrected chi connectivity index (χ2v) is 8.87. The van der Waals surface area contributed by atoms with E-state index >= 15 is 0 Å². The van der Waals surface area contributed by atoms with Gasteiger partial charge in [-0.3, -0.25) is 0 Å². The number of aryl methyl sites for hydroxylation is 1.